The molecular weight excluding hydrogens is 412 g/mol. The van der Waals surface area contributed by atoms with Gasteiger partial charge in [0.15, 0.2) is 6.33 Å². The highest BCUT2D eigenvalue weighted by Crippen LogP contribution is 2.30. The predicted molar refractivity (Wildman–Crippen MR) is 90.7 cm³/mol. The number of nitrogens with one attached hydrogen (secondary N) is 2. The lowest BCUT2D eigenvalue weighted by Crippen LogP contribution is -2.50. The number of aromatic nitrogens is 4. The van der Waals surface area contributed by atoms with Crippen molar-refractivity contribution < 1.29 is 31.7 Å². The van der Waals surface area contributed by atoms with Crippen LogP contribution in [0.2, 0.25) is 0 Å². The van der Waals surface area contributed by atoms with Crippen molar-refractivity contribution in [2.45, 2.75) is 43.4 Å². The highest BCUT2D eigenvalue weighted by molar-refractivity contribution is 7.80. The van der Waals surface area contributed by atoms with Gasteiger partial charge in [-0.3, -0.25) is 14.2 Å². The quantitative estimate of drug-likeness (QED) is 0.309. The highest BCUT2D eigenvalue weighted by Gasteiger charge is 2.49. The van der Waals surface area contributed by atoms with Gasteiger partial charge in [0.05, 0.1) is 18.7 Å². The van der Waals surface area contributed by atoms with Gasteiger partial charge in [-0.25, -0.2) is 10.3 Å². The van der Waals surface area contributed by atoms with Crippen LogP contribution in [0.5, 0.6) is 0 Å². The van der Waals surface area contributed by atoms with Crippen LogP contribution in [0.3, 0.4) is 0 Å². The van der Waals surface area contributed by atoms with Crippen LogP contribution in [0.1, 0.15) is 25.3 Å². The molecule has 1 aromatic heterocycles. The molecule has 3 saturated heterocycles. The summed E-state index contributed by atoms with van der Waals surface area (Å²) in [6.07, 6.45) is 2.70. The minimum absolute atomic E-state index is 0.0193. The molecule has 2 bridgehead atoms. The summed E-state index contributed by atoms with van der Waals surface area (Å²) in [5, 5.41) is 15.4. The molecule has 0 radical (unpaired) electrons. The second kappa shape index (κ2) is 7.79. The van der Waals surface area contributed by atoms with E-state index >= 15 is 0 Å². The van der Waals surface area contributed by atoms with Gasteiger partial charge in [0.25, 0.3) is 5.91 Å². The van der Waals surface area contributed by atoms with Crippen LogP contribution in [0.15, 0.2) is 6.33 Å². The standard InChI is InChI=1S/C13H20N8O7S/c22-12(17-27-6-8-3-10(4-14-8)21-16-7-15-18-21)11-2-1-9-5-19(11)13(23)20(9)28-29(24,25)26/h7-11,14H,1-6H2,(H,17,22)(H,24,25,26)/t8?,9?,10?,11-/m0/s1. The number of hydroxylamine groups is 3. The second-order valence-corrected chi connectivity index (χ2v) is 8.04. The number of carbonyl (C=O) groups is 2. The minimum atomic E-state index is -4.83. The van der Waals surface area contributed by atoms with Crippen LogP contribution in [0.25, 0.3) is 0 Å². The molecule has 0 spiro atoms. The summed E-state index contributed by atoms with van der Waals surface area (Å²) in [6.45, 7) is 0.968. The number of rotatable bonds is 7. The molecule has 4 heterocycles. The van der Waals surface area contributed by atoms with E-state index in [1.165, 1.54) is 16.0 Å². The normalized spacial score (nSPS) is 29.5. The van der Waals surface area contributed by atoms with Gasteiger partial charge in [0.2, 0.25) is 0 Å². The van der Waals surface area contributed by atoms with Crippen LogP contribution < -0.4 is 10.8 Å². The first kappa shape index (κ1) is 19.9. The van der Waals surface area contributed by atoms with Crippen molar-refractivity contribution in [1.29, 1.82) is 0 Å². The zero-order valence-corrected chi connectivity index (χ0v) is 15.9. The highest BCUT2D eigenvalue weighted by atomic mass is 32.3. The van der Waals surface area contributed by atoms with E-state index in [9.17, 15) is 18.0 Å². The summed E-state index contributed by atoms with van der Waals surface area (Å²) < 4.78 is 34.9. The second-order valence-electron chi connectivity index (χ2n) is 7.04. The first-order valence-corrected chi connectivity index (χ1v) is 10.3. The van der Waals surface area contributed by atoms with Gasteiger partial charge in [0.1, 0.15) is 6.04 Å². The van der Waals surface area contributed by atoms with Gasteiger partial charge in [-0.15, -0.1) is 14.5 Å². The topological polar surface area (TPSA) is 181 Å². The average Bonchev–Trinajstić information content (AvgIpc) is 3.39. The van der Waals surface area contributed by atoms with Crippen molar-refractivity contribution in [3.63, 3.8) is 0 Å². The van der Waals surface area contributed by atoms with Crippen LogP contribution in [-0.4, -0.2) is 92.9 Å². The maximum atomic E-state index is 12.4. The van der Waals surface area contributed by atoms with E-state index < -0.39 is 34.4 Å². The number of tetrazole rings is 1. The Balaban J connectivity index is 1.25. The van der Waals surface area contributed by atoms with Gasteiger partial charge in [-0.2, -0.15) is 18.3 Å². The average molecular weight is 432 g/mol. The molecule has 0 saturated carbocycles. The molecule has 3 amide bonds. The number of urea groups is 1. The van der Waals surface area contributed by atoms with Gasteiger partial charge < -0.3 is 10.2 Å². The smallest absolute Gasteiger partial charge is 0.309 e. The SMILES string of the molecule is O=C(NOCC1CC(n2ncnn2)CN1)[C@@H]1CCC2CN1C(=O)N2OS(=O)(=O)O. The van der Waals surface area contributed by atoms with Crippen molar-refractivity contribution in [3.8, 4) is 0 Å². The summed E-state index contributed by atoms with van der Waals surface area (Å²) in [5.74, 6) is -0.516. The first-order valence-electron chi connectivity index (χ1n) is 8.96. The summed E-state index contributed by atoms with van der Waals surface area (Å²) in [6, 6.07) is -2.15. The van der Waals surface area contributed by atoms with Gasteiger partial charge in [-0.1, -0.05) is 0 Å². The lowest BCUT2D eigenvalue weighted by molar-refractivity contribution is -0.139. The molecular formula is C13H20N8O7S. The molecule has 0 aromatic carbocycles. The van der Waals surface area contributed by atoms with Crippen molar-refractivity contribution in [3.05, 3.63) is 6.33 Å². The number of piperidine rings is 1. The lowest BCUT2D eigenvalue weighted by atomic mass is 10.0. The molecule has 3 fully saturated rings. The number of hydrogen-bond donors (Lipinski definition) is 3. The largest absolute Gasteiger partial charge is 0.418 e. The molecule has 3 aliphatic rings. The van der Waals surface area contributed by atoms with E-state index in [1.807, 2.05) is 0 Å². The molecule has 3 unspecified atom stereocenters. The first-order chi connectivity index (χ1) is 13.8. The molecule has 1 aromatic rings. The van der Waals surface area contributed by atoms with Gasteiger partial charge in [-0.05, 0) is 24.5 Å². The Hall–Kier alpha value is -2.40. The van der Waals surface area contributed by atoms with E-state index in [-0.39, 0.29) is 25.2 Å². The zero-order valence-electron chi connectivity index (χ0n) is 15.1. The molecule has 29 heavy (non-hydrogen) atoms. The van der Waals surface area contributed by atoms with Gasteiger partial charge >= 0.3 is 16.4 Å². The molecule has 4 rings (SSSR count). The van der Waals surface area contributed by atoms with Crippen molar-refractivity contribution in [2.75, 3.05) is 19.7 Å². The van der Waals surface area contributed by atoms with Crippen LogP contribution >= 0.6 is 0 Å². The number of carbonyl (C=O) groups excluding carboxylic acids is 2. The van der Waals surface area contributed by atoms with Crippen molar-refractivity contribution in [2.24, 2.45) is 0 Å². The van der Waals surface area contributed by atoms with Crippen molar-refractivity contribution in [1.82, 2.24) is 41.0 Å². The maximum absolute atomic E-state index is 12.4. The number of hydrogen-bond acceptors (Lipinski definition) is 10. The van der Waals surface area contributed by atoms with Crippen molar-refractivity contribution >= 4 is 22.3 Å². The van der Waals surface area contributed by atoms with Crippen LogP contribution in [0, 0.1) is 0 Å². The fraction of sp³-hybridized carbons (Fsp3) is 0.769. The van der Waals surface area contributed by atoms with Crippen LogP contribution in [-0.2, 0) is 24.3 Å². The van der Waals surface area contributed by atoms with Gasteiger partial charge in [0, 0.05) is 19.1 Å². The number of amides is 3. The Morgan fingerprint density at radius 2 is 2.21 bits per heavy atom. The third-order valence-electron chi connectivity index (χ3n) is 5.15. The molecule has 3 N–H and O–H groups in total. The number of nitrogens with zero attached hydrogens (tertiary/aromatic N) is 6. The van der Waals surface area contributed by atoms with E-state index in [1.54, 1.807) is 0 Å². The maximum Gasteiger partial charge on any atom is 0.418 e. The number of fused-ring (bicyclic) bond motifs is 2. The summed E-state index contributed by atoms with van der Waals surface area (Å²) >= 11 is 0. The molecule has 160 valence electrons. The molecule has 3 aliphatic heterocycles. The summed E-state index contributed by atoms with van der Waals surface area (Å²) in [7, 11) is -4.83. The monoisotopic (exact) mass is 432 g/mol. The lowest BCUT2D eigenvalue weighted by Gasteiger charge is -2.29. The van der Waals surface area contributed by atoms with E-state index in [4.69, 9.17) is 9.39 Å². The fourth-order valence-electron chi connectivity index (χ4n) is 3.83. The van der Waals surface area contributed by atoms with E-state index in [0.717, 1.165) is 0 Å². The molecule has 15 nitrogen and oxygen atoms in total. The molecule has 16 heteroatoms. The Morgan fingerprint density at radius 1 is 1.38 bits per heavy atom. The zero-order chi connectivity index (χ0) is 20.6. The third-order valence-corrected chi connectivity index (χ3v) is 5.50. The Morgan fingerprint density at radius 3 is 2.93 bits per heavy atom. The van der Waals surface area contributed by atoms with Crippen LogP contribution in [0.4, 0.5) is 4.79 Å². The molecule has 4 atom stereocenters. The summed E-state index contributed by atoms with van der Waals surface area (Å²) in [5.41, 5.74) is 2.35. The molecule has 0 aliphatic carbocycles. The fourth-order valence-corrected chi connectivity index (χ4v) is 4.22. The van der Waals surface area contributed by atoms with E-state index in [0.29, 0.717) is 30.9 Å². The Bertz CT molecular complexity index is 865. The Kier molecular flexibility index (Phi) is 5.34. The predicted octanol–water partition coefficient (Wildman–Crippen LogP) is -2.37. The minimum Gasteiger partial charge on any atom is -0.309 e. The summed E-state index contributed by atoms with van der Waals surface area (Å²) in [4.78, 5) is 32.8. The third kappa shape index (κ3) is 4.30. The Labute approximate surface area is 165 Å². The van der Waals surface area contributed by atoms with E-state index in [2.05, 4.69) is 30.5 Å².